The van der Waals surface area contributed by atoms with E-state index >= 15 is 0 Å². The Morgan fingerprint density at radius 2 is 2.00 bits per heavy atom. The number of halogens is 3. The summed E-state index contributed by atoms with van der Waals surface area (Å²) in [5.74, 6) is -1.65. The molecule has 0 saturated carbocycles. The molecule has 22 heavy (non-hydrogen) atoms. The zero-order chi connectivity index (χ0) is 16.5. The van der Waals surface area contributed by atoms with Crippen LogP contribution in [-0.4, -0.2) is 34.5 Å². The summed E-state index contributed by atoms with van der Waals surface area (Å²) in [6, 6.07) is 3.07. The number of carboxylic acids is 1. The Bertz CT molecular complexity index is 586. The second-order valence-electron chi connectivity index (χ2n) is 5.56. The lowest BCUT2D eigenvalue weighted by atomic mass is 9.91. The number of benzene rings is 1. The number of hydrogen-bond donors (Lipinski definition) is 1. The third kappa shape index (κ3) is 3.40. The summed E-state index contributed by atoms with van der Waals surface area (Å²) in [5.41, 5.74) is -1.06. The SMILES string of the molecule is CC1CCN(C(=O)c2cccc(C(F)(F)F)c2)C(C(=O)O)C1. The number of alkyl halides is 3. The smallest absolute Gasteiger partial charge is 0.416 e. The number of likely N-dealkylation sites (tertiary alicyclic amines) is 1. The number of rotatable bonds is 2. The molecule has 0 aromatic heterocycles. The standard InChI is InChI=1S/C15H16F3NO3/c1-9-5-6-19(12(7-9)14(21)22)13(20)10-3-2-4-11(8-10)15(16,17)18/h2-4,8-9,12H,5-7H2,1H3,(H,21,22). The molecule has 1 amide bonds. The lowest BCUT2D eigenvalue weighted by molar-refractivity contribution is -0.144. The van der Waals surface area contributed by atoms with Crippen LogP contribution in [0.5, 0.6) is 0 Å². The van der Waals surface area contributed by atoms with Crippen LogP contribution in [0.1, 0.15) is 35.7 Å². The minimum absolute atomic E-state index is 0.143. The van der Waals surface area contributed by atoms with E-state index in [1.165, 1.54) is 6.07 Å². The topological polar surface area (TPSA) is 57.6 Å². The molecule has 1 fully saturated rings. The highest BCUT2D eigenvalue weighted by molar-refractivity contribution is 5.97. The quantitative estimate of drug-likeness (QED) is 0.912. The van der Waals surface area contributed by atoms with Crippen molar-refractivity contribution < 1.29 is 27.9 Å². The van der Waals surface area contributed by atoms with Crippen LogP contribution in [0.25, 0.3) is 0 Å². The van der Waals surface area contributed by atoms with Crippen LogP contribution in [0.3, 0.4) is 0 Å². The molecule has 7 heteroatoms. The van der Waals surface area contributed by atoms with Gasteiger partial charge in [0.25, 0.3) is 5.91 Å². The molecule has 120 valence electrons. The third-order valence-electron chi connectivity index (χ3n) is 3.85. The molecular formula is C15H16F3NO3. The zero-order valence-electron chi connectivity index (χ0n) is 11.9. The summed E-state index contributed by atoms with van der Waals surface area (Å²) >= 11 is 0. The molecule has 4 nitrogen and oxygen atoms in total. The summed E-state index contributed by atoms with van der Waals surface area (Å²) in [4.78, 5) is 24.8. The lowest BCUT2D eigenvalue weighted by Crippen LogP contribution is -2.49. The van der Waals surface area contributed by atoms with E-state index in [1.54, 1.807) is 0 Å². The van der Waals surface area contributed by atoms with Crippen LogP contribution >= 0.6 is 0 Å². The van der Waals surface area contributed by atoms with Crippen molar-refractivity contribution in [1.29, 1.82) is 0 Å². The molecule has 1 aliphatic heterocycles. The number of carbonyl (C=O) groups is 2. The molecule has 2 unspecified atom stereocenters. The predicted molar refractivity (Wildman–Crippen MR) is 72.3 cm³/mol. The van der Waals surface area contributed by atoms with Crippen molar-refractivity contribution in [2.24, 2.45) is 5.92 Å². The van der Waals surface area contributed by atoms with Gasteiger partial charge >= 0.3 is 12.1 Å². The van der Waals surface area contributed by atoms with E-state index in [0.29, 0.717) is 12.8 Å². The maximum Gasteiger partial charge on any atom is 0.416 e. The summed E-state index contributed by atoms with van der Waals surface area (Å²) < 4.78 is 38.1. The molecule has 0 aliphatic carbocycles. The number of aliphatic carboxylic acids is 1. The Morgan fingerprint density at radius 3 is 2.59 bits per heavy atom. The van der Waals surface area contributed by atoms with Crippen LogP contribution in [-0.2, 0) is 11.0 Å². The highest BCUT2D eigenvalue weighted by Gasteiger charge is 2.36. The summed E-state index contributed by atoms with van der Waals surface area (Å²) in [6.07, 6.45) is -3.60. The first-order valence-electron chi connectivity index (χ1n) is 6.91. The van der Waals surface area contributed by atoms with Crippen molar-refractivity contribution in [2.75, 3.05) is 6.54 Å². The molecule has 1 heterocycles. The van der Waals surface area contributed by atoms with Gasteiger partial charge in [0.05, 0.1) is 5.56 Å². The molecule has 0 spiro atoms. The van der Waals surface area contributed by atoms with Gasteiger partial charge in [-0.3, -0.25) is 4.79 Å². The van der Waals surface area contributed by atoms with Gasteiger partial charge in [0.15, 0.2) is 0 Å². The molecular weight excluding hydrogens is 299 g/mol. The molecule has 1 aliphatic rings. The van der Waals surface area contributed by atoms with Gasteiger partial charge in [0.1, 0.15) is 6.04 Å². The van der Waals surface area contributed by atoms with Gasteiger partial charge in [0.2, 0.25) is 0 Å². The predicted octanol–water partition coefficient (Wildman–Crippen LogP) is 3.03. The van der Waals surface area contributed by atoms with Gasteiger partial charge in [-0.1, -0.05) is 13.0 Å². The fourth-order valence-electron chi connectivity index (χ4n) is 2.61. The average molecular weight is 315 g/mol. The van der Waals surface area contributed by atoms with Crippen LogP contribution in [0.4, 0.5) is 13.2 Å². The van der Waals surface area contributed by atoms with Gasteiger partial charge in [-0.2, -0.15) is 13.2 Å². The van der Waals surface area contributed by atoms with E-state index in [-0.39, 0.29) is 18.0 Å². The zero-order valence-corrected chi connectivity index (χ0v) is 11.9. The minimum atomic E-state index is -4.54. The van der Waals surface area contributed by atoms with E-state index in [2.05, 4.69) is 0 Å². The molecule has 1 saturated heterocycles. The maximum absolute atomic E-state index is 12.7. The molecule has 2 rings (SSSR count). The van der Waals surface area contributed by atoms with Crippen molar-refractivity contribution in [2.45, 2.75) is 32.0 Å². The fraction of sp³-hybridized carbons (Fsp3) is 0.467. The Labute approximate surface area is 125 Å². The number of piperidine rings is 1. The van der Waals surface area contributed by atoms with Crippen LogP contribution in [0, 0.1) is 5.92 Å². The summed E-state index contributed by atoms with van der Waals surface area (Å²) in [5, 5.41) is 9.23. The second-order valence-corrected chi connectivity index (χ2v) is 5.56. The van der Waals surface area contributed by atoms with Crippen molar-refractivity contribution in [3.05, 3.63) is 35.4 Å². The van der Waals surface area contributed by atoms with Crippen LogP contribution in [0.15, 0.2) is 24.3 Å². The third-order valence-corrected chi connectivity index (χ3v) is 3.85. The number of amides is 1. The largest absolute Gasteiger partial charge is 0.480 e. The summed E-state index contributed by atoms with van der Waals surface area (Å²) in [7, 11) is 0. The number of carbonyl (C=O) groups excluding carboxylic acids is 1. The van der Waals surface area contributed by atoms with E-state index < -0.39 is 29.7 Å². The van der Waals surface area contributed by atoms with Crippen LogP contribution < -0.4 is 0 Å². The normalized spacial score (nSPS) is 22.5. The van der Waals surface area contributed by atoms with Crippen LogP contribution in [0.2, 0.25) is 0 Å². The first-order valence-corrected chi connectivity index (χ1v) is 6.91. The fourth-order valence-corrected chi connectivity index (χ4v) is 2.61. The molecule has 1 aromatic carbocycles. The maximum atomic E-state index is 12.7. The van der Waals surface area contributed by atoms with Gasteiger partial charge in [-0.15, -0.1) is 0 Å². The second kappa shape index (κ2) is 5.98. The van der Waals surface area contributed by atoms with Gasteiger partial charge in [0, 0.05) is 12.1 Å². The van der Waals surface area contributed by atoms with E-state index in [9.17, 15) is 27.9 Å². The highest BCUT2D eigenvalue weighted by atomic mass is 19.4. The molecule has 0 radical (unpaired) electrons. The number of carboxylic acid groups (broad SMARTS) is 1. The lowest BCUT2D eigenvalue weighted by Gasteiger charge is -2.36. The Kier molecular flexibility index (Phi) is 4.44. The van der Waals surface area contributed by atoms with Gasteiger partial charge in [-0.05, 0) is 37.0 Å². The van der Waals surface area contributed by atoms with Gasteiger partial charge in [-0.25, -0.2) is 4.79 Å². The highest BCUT2D eigenvalue weighted by Crippen LogP contribution is 2.30. The first-order chi connectivity index (χ1) is 10.2. The minimum Gasteiger partial charge on any atom is -0.480 e. The Balaban J connectivity index is 2.29. The van der Waals surface area contributed by atoms with E-state index in [4.69, 9.17) is 0 Å². The first kappa shape index (κ1) is 16.3. The van der Waals surface area contributed by atoms with Crippen molar-refractivity contribution in [3.63, 3.8) is 0 Å². The summed E-state index contributed by atoms with van der Waals surface area (Å²) in [6.45, 7) is 2.12. The van der Waals surface area contributed by atoms with E-state index in [1.807, 2.05) is 6.92 Å². The van der Waals surface area contributed by atoms with Gasteiger partial charge < -0.3 is 10.0 Å². The van der Waals surface area contributed by atoms with Crippen molar-refractivity contribution in [1.82, 2.24) is 4.90 Å². The monoisotopic (exact) mass is 315 g/mol. The molecule has 0 bridgehead atoms. The van der Waals surface area contributed by atoms with Crippen molar-refractivity contribution >= 4 is 11.9 Å². The Hall–Kier alpha value is -2.05. The average Bonchev–Trinajstić information content (AvgIpc) is 2.45. The molecule has 1 N–H and O–H groups in total. The molecule has 1 aromatic rings. The van der Waals surface area contributed by atoms with Crippen molar-refractivity contribution in [3.8, 4) is 0 Å². The number of hydrogen-bond acceptors (Lipinski definition) is 2. The molecule has 2 atom stereocenters. The Morgan fingerprint density at radius 1 is 1.32 bits per heavy atom. The number of nitrogens with zero attached hydrogens (tertiary/aromatic N) is 1. The van der Waals surface area contributed by atoms with E-state index in [0.717, 1.165) is 23.1 Å².